The summed E-state index contributed by atoms with van der Waals surface area (Å²) in [5, 5.41) is 3.91. The number of amides is 1. The number of anilines is 2. The summed E-state index contributed by atoms with van der Waals surface area (Å²) in [7, 11) is 3.77. The second-order valence-corrected chi connectivity index (χ2v) is 7.61. The topological polar surface area (TPSA) is 67.2 Å². The van der Waals surface area contributed by atoms with Crippen molar-refractivity contribution >= 4 is 55.7 Å². The van der Waals surface area contributed by atoms with Crippen molar-refractivity contribution in [1.29, 1.82) is 0 Å². The molecule has 0 spiro atoms. The fraction of sp³-hybridized carbons (Fsp3) is 0.211. The molecule has 0 saturated heterocycles. The van der Waals surface area contributed by atoms with Crippen LogP contribution >= 0.6 is 27.5 Å². The lowest BCUT2D eigenvalue weighted by Gasteiger charge is -2.18. The first-order chi connectivity index (χ1) is 12.8. The Morgan fingerprint density at radius 3 is 2.78 bits per heavy atom. The Bertz CT molecular complexity index is 1070. The summed E-state index contributed by atoms with van der Waals surface area (Å²) >= 11 is 9.40. The molecule has 1 heterocycles. The van der Waals surface area contributed by atoms with Crippen molar-refractivity contribution in [3.8, 4) is 0 Å². The molecule has 3 aromatic rings. The Balaban J connectivity index is 1.75. The van der Waals surface area contributed by atoms with Gasteiger partial charge < -0.3 is 10.2 Å². The summed E-state index contributed by atoms with van der Waals surface area (Å²) in [6.45, 7) is 0.234. The average Bonchev–Trinajstić information content (AvgIpc) is 2.61. The number of benzene rings is 2. The van der Waals surface area contributed by atoms with Crippen molar-refractivity contribution in [2.75, 3.05) is 24.3 Å². The third-order valence-corrected chi connectivity index (χ3v) is 4.81. The molecule has 1 aromatic heterocycles. The summed E-state index contributed by atoms with van der Waals surface area (Å²) in [5.74, 6) is -0.207. The molecule has 1 amide bonds. The molecule has 0 unspecified atom stereocenters. The summed E-state index contributed by atoms with van der Waals surface area (Å²) in [6, 6.07) is 10.7. The van der Waals surface area contributed by atoms with Gasteiger partial charge in [0.15, 0.2) is 0 Å². The molecule has 0 radical (unpaired) electrons. The van der Waals surface area contributed by atoms with E-state index in [1.54, 1.807) is 24.3 Å². The second-order valence-electron chi connectivity index (χ2n) is 6.26. The summed E-state index contributed by atoms with van der Waals surface area (Å²) < 4.78 is 2.25. The molecule has 140 valence electrons. The first-order valence-electron chi connectivity index (χ1n) is 8.26. The van der Waals surface area contributed by atoms with Gasteiger partial charge in [0, 0.05) is 36.6 Å². The first kappa shape index (κ1) is 19.4. The fourth-order valence-electron chi connectivity index (χ4n) is 2.72. The number of fused-ring (bicyclic) bond motifs is 1. The molecule has 1 N–H and O–H groups in total. The van der Waals surface area contributed by atoms with Crippen LogP contribution in [0.25, 0.3) is 10.9 Å². The van der Waals surface area contributed by atoms with Crippen LogP contribution in [0.2, 0.25) is 5.02 Å². The Hall–Kier alpha value is -2.38. The zero-order valence-corrected chi connectivity index (χ0v) is 17.2. The summed E-state index contributed by atoms with van der Waals surface area (Å²) in [6.07, 6.45) is 1.61. The summed E-state index contributed by atoms with van der Waals surface area (Å²) in [4.78, 5) is 31.1. The van der Waals surface area contributed by atoms with Gasteiger partial charge >= 0.3 is 0 Å². The lowest BCUT2D eigenvalue weighted by atomic mass is 10.2. The number of hydrogen-bond acceptors (Lipinski definition) is 4. The Morgan fingerprint density at radius 1 is 1.26 bits per heavy atom. The lowest BCUT2D eigenvalue weighted by molar-refractivity contribution is -0.116. The van der Waals surface area contributed by atoms with Crippen molar-refractivity contribution in [3.05, 3.63) is 62.6 Å². The molecule has 8 heteroatoms. The van der Waals surface area contributed by atoms with Crippen molar-refractivity contribution in [1.82, 2.24) is 9.55 Å². The van der Waals surface area contributed by atoms with Gasteiger partial charge in [-0.15, -0.1) is 0 Å². The standard InChI is InChI=1S/C19H18BrClN4O2/c1-24(2)17-6-4-13(21)10-16(17)23-18(26)7-8-25-11-22-15-5-3-12(20)9-14(15)19(25)27/h3-6,9-11H,7-8H2,1-2H3,(H,23,26). The van der Waals surface area contributed by atoms with Crippen molar-refractivity contribution in [2.45, 2.75) is 13.0 Å². The van der Waals surface area contributed by atoms with Gasteiger partial charge in [-0.2, -0.15) is 0 Å². The van der Waals surface area contributed by atoms with Crippen molar-refractivity contribution in [3.63, 3.8) is 0 Å². The van der Waals surface area contributed by atoms with Crippen LogP contribution < -0.4 is 15.8 Å². The van der Waals surface area contributed by atoms with Crippen LogP contribution in [0.4, 0.5) is 11.4 Å². The molecule has 3 rings (SSSR count). The smallest absolute Gasteiger partial charge is 0.261 e. The molecule has 0 aliphatic rings. The van der Waals surface area contributed by atoms with E-state index < -0.39 is 0 Å². The lowest BCUT2D eigenvalue weighted by Crippen LogP contribution is -2.24. The number of rotatable bonds is 5. The van der Waals surface area contributed by atoms with Crippen molar-refractivity contribution in [2.24, 2.45) is 0 Å². The van der Waals surface area contributed by atoms with Crippen molar-refractivity contribution < 1.29 is 4.79 Å². The van der Waals surface area contributed by atoms with Gasteiger partial charge in [-0.3, -0.25) is 14.2 Å². The number of nitrogens with zero attached hydrogens (tertiary/aromatic N) is 3. The van der Waals surface area contributed by atoms with E-state index in [4.69, 9.17) is 11.6 Å². The average molecular weight is 450 g/mol. The highest BCUT2D eigenvalue weighted by Gasteiger charge is 2.11. The van der Waals surface area contributed by atoms with E-state index in [1.165, 1.54) is 10.9 Å². The fourth-order valence-corrected chi connectivity index (χ4v) is 3.26. The quantitative estimate of drug-likeness (QED) is 0.641. The van der Waals surface area contributed by atoms with Crippen LogP contribution in [-0.2, 0) is 11.3 Å². The second kappa shape index (κ2) is 8.10. The number of nitrogens with one attached hydrogen (secondary N) is 1. The minimum absolute atomic E-state index is 0.139. The van der Waals surface area contributed by atoms with Gasteiger partial charge in [-0.1, -0.05) is 27.5 Å². The first-order valence-corrected chi connectivity index (χ1v) is 9.43. The molecular weight excluding hydrogens is 432 g/mol. The number of aryl methyl sites for hydroxylation is 1. The minimum atomic E-state index is -0.207. The number of carbonyl (C=O) groups is 1. The largest absolute Gasteiger partial charge is 0.376 e. The van der Waals surface area contributed by atoms with Crippen LogP contribution in [0, 0.1) is 0 Å². The zero-order valence-electron chi connectivity index (χ0n) is 14.9. The van der Waals surface area contributed by atoms with E-state index in [-0.39, 0.29) is 24.4 Å². The Morgan fingerprint density at radius 2 is 2.04 bits per heavy atom. The highest BCUT2D eigenvalue weighted by atomic mass is 79.9. The molecule has 2 aromatic carbocycles. The highest BCUT2D eigenvalue weighted by Crippen LogP contribution is 2.27. The molecule has 0 fully saturated rings. The van der Waals surface area contributed by atoms with Gasteiger partial charge in [0.1, 0.15) is 0 Å². The number of halogens is 2. The predicted molar refractivity (Wildman–Crippen MR) is 113 cm³/mol. The van der Waals surface area contributed by atoms with Gasteiger partial charge in [0.2, 0.25) is 5.91 Å². The number of hydrogen-bond donors (Lipinski definition) is 1. The molecule has 0 aliphatic heterocycles. The summed E-state index contributed by atoms with van der Waals surface area (Å²) in [5.41, 5.74) is 1.93. The SMILES string of the molecule is CN(C)c1ccc(Cl)cc1NC(=O)CCn1cnc2ccc(Br)cc2c1=O. The maximum Gasteiger partial charge on any atom is 0.261 e. The molecular formula is C19H18BrClN4O2. The molecule has 27 heavy (non-hydrogen) atoms. The normalized spacial score (nSPS) is 10.8. The molecule has 0 bridgehead atoms. The third kappa shape index (κ3) is 4.48. The van der Waals surface area contributed by atoms with Crippen LogP contribution in [0.1, 0.15) is 6.42 Å². The van der Waals surface area contributed by atoms with Crippen LogP contribution in [0.15, 0.2) is 52.0 Å². The van der Waals surface area contributed by atoms with Gasteiger partial charge in [0.05, 0.1) is 28.6 Å². The van der Waals surface area contributed by atoms with E-state index in [2.05, 4.69) is 26.2 Å². The maximum atomic E-state index is 12.6. The van der Waals surface area contributed by atoms with E-state index in [1.807, 2.05) is 31.1 Å². The van der Waals surface area contributed by atoms with E-state index in [0.29, 0.717) is 21.6 Å². The van der Waals surface area contributed by atoms with Gasteiger partial charge in [0.25, 0.3) is 5.56 Å². The maximum absolute atomic E-state index is 12.6. The molecule has 6 nitrogen and oxygen atoms in total. The van der Waals surface area contributed by atoms with E-state index in [0.717, 1.165) is 10.2 Å². The molecule has 0 atom stereocenters. The van der Waals surface area contributed by atoms with E-state index in [9.17, 15) is 9.59 Å². The number of carbonyl (C=O) groups excluding carboxylic acids is 1. The molecule has 0 saturated carbocycles. The predicted octanol–water partition coefficient (Wildman–Crippen LogP) is 3.91. The third-order valence-electron chi connectivity index (χ3n) is 4.08. The van der Waals surface area contributed by atoms with E-state index >= 15 is 0 Å². The number of aromatic nitrogens is 2. The van der Waals surface area contributed by atoms with Gasteiger partial charge in [-0.25, -0.2) is 4.98 Å². The Kier molecular flexibility index (Phi) is 5.82. The Labute approximate surface area is 169 Å². The zero-order chi connectivity index (χ0) is 19.6. The van der Waals surface area contributed by atoms with Crippen LogP contribution in [0.3, 0.4) is 0 Å². The highest BCUT2D eigenvalue weighted by molar-refractivity contribution is 9.10. The van der Waals surface area contributed by atoms with Crippen LogP contribution in [-0.4, -0.2) is 29.6 Å². The minimum Gasteiger partial charge on any atom is -0.376 e. The van der Waals surface area contributed by atoms with Gasteiger partial charge in [-0.05, 0) is 36.4 Å². The van der Waals surface area contributed by atoms with Crippen LogP contribution in [0.5, 0.6) is 0 Å². The monoisotopic (exact) mass is 448 g/mol. The molecule has 0 aliphatic carbocycles.